The number of nitrogens with one attached hydrogen (secondary N) is 2. The van der Waals surface area contributed by atoms with Crippen LogP contribution in [0.3, 0.4) is 0 Å². The number of rotatable bonds is 6. The monoisotopic (exact) mass is 356 g/mol. The van der Waals surface area contributed by atoms with Gasteiger partial charge in [-0.2, -0.15) is 4.98 Å². The van der Waals surface area contributed by atoms with Gasteiger partial charge in [0, 0.05) is 24.6 Å². The van der Waals surface area contributed by atoms with E-state index >= 15 is 0 Å². The normalized spacial score (nSPS) is 14.8. The van der Waals surface area contributed by atoms with Crippen molar-refractivity contribution >= 4 is 11.8 Å². The van der Waals surface area contributed by atoms with E-state index in [1.807, 2.05) is 25.1 Å². The zero-order chi connectivity index (χ0) is 18.4. The van der Waals surface area contributed by atoms with Crippen LogP contribution in [-0.4, -0.2) is 35.0 Å². The molecule has 1 saturated carbocycles. The number of hydrogen-bond donors (Lipinski definition) is 2. The fourth-order valence-corrected chi connectivity index (χ4v) is 3.20. The molecule has 0 saturated heterocycles. The summed E-state index contributed by atoms with van der Waals surface area (Å²) in [5, 5.41) is 9.42. The predicted octanol–water partition coefficient (Wildman–Crippen LogP) is 2.59. The maximum Gasteiger partial charge on any atom is 0.315 e. The Hall–Kier alpha value is -2.70. The molecule has 1 heterocycles. The lowest BCUT2D eigenvalue weighted by Crippen LogP contribution is -2.35. The molecule has 26 heavy (non-hydrogen) atoms. The van der Waals surface area contributed by atoms with Gasteiger partial charge in [0.15, 0.2) is 5.82 Å². The fraction of sp³-hybridized carbons (Fsp3) is 0.474. The van der Waals surface area contributed by atoms with E-state index in [4.69, 9.17) is 4.52 Å². The van der Waals surface area contributed by atoms with E-state index in [0.717, 1.165) is 18.4 Å². The van der Waals surface area contributed by atoms with Gasteiger partial charge in [0.25, 0.3) is 5.91 Å². The van der Waals surface area contributed by atoms with E-state index in [0.29, 0.717) is 23.9 Å². The maximum absolute atomic E-state index is 12.1. The Balaban J connectivity index is 1.43. The molecule has 138 valence electrons. The summed E-state index contributed by atoms with van der Waals surface area (Å²) in [7, 11) is 0. The molecule has 0 unspecified atom stereocenters. The van der Waals surface area contributed by atoms with Gasteiger partial charge in [-0.15, -0.1) is 0 Å². The summed E-state index contributed by atoms with van der Waals surface area (Å²) >= 11 is 0. The first-order chi connectivity index (χ1) is 12.6. The Morgan fingerprint density at radius 2 is 1.77 bits per heavy atom. The number of aryl methyl sites for hydroxylation is 1. The van der Waals surface area contributed by atoms with Crippen molar-refractivity contribution in [3.05, 3.63) is 47.1 Å². The number of nitrogens with zero attached hydrogens (tertiary/aromatic N) is 2. The highest BCUT2D eigenvalue weighted by Crippen LogP contribution is 2.30. The molecule has 0 radical (unpaired) electrons. The summed E-state index contributed by atoms with van der Waals surface area (Å²) in [6.45, 7) is 2.50. The smallest absolute Gasteiger partial charge is 0.315 e. The minimum atomic E-state index is -0.412. The highest BCUT2D eigenvalue weighted by molar-refractivity contribution is 5.95. The van der Waals surface area contributed by atoms with Crippen molar-refractivity contribution in [2.45, 2.75) is 44.9 Å². The predicted molar refractivity (Wildman–Crippen MR) is 96.0 cm³/mol. The number of benzene rings is 1. The average Bonchev–Trinajstić information content (AvgIpc) is 3.16. The van der Waals surface area contributed by atoms with Crippen LogP contribution in [0.15, 0.2) is 28.8 Å². The zero-order valence-electron chi connectivity index (χ0n) is 15.0. The molecule has 1 fully saturated rings. The van der Waals surface area contributed by atoms with Gasteiger partial charge in [-0.3, -0.25) is 9.59 Å². The van der Waals surface area contributed by atoms with E-state index in [1.165, 1.54) is 19.3 Å². The van der Waals surface area contributed by atoms with E-state index in [1.54, 1.807) is 6.07 Å². The highest BCUT2D eigenvalue weighted by Gasteiger charge is 2.23. The van der Waals surface area contributed by atoms with Crippen LogP contribution < -0.4 is 10.6 Å². The molecule has 1 aliphatic carbocycles. The lowest BCUT2D eigenvalue weighted by Gasteiger charge is -2.17. The van der Waals surface area contributed by atoms with Crippen molar-refractivity contribution in [3.8, 4) is 0 Å². The number of amides is 2. The maximum atomic E-state index is 12.1. The molecule has 1 aromatic heterocycles. The third-order valence-corrected chi connectivity index (χ3v) is 4.69. The van der Waals surface area contributed by atoms with Crippen molar-refractivity contribution in [2.24, 2.45) is 0 Å². The van der Waals surface area contributed by atoms with E-state index < -0.39 is 5.91 Å². The van der Waals surface area contributed by atoms with Crippen molar-refractivity contribution < 1.29 is 14.1 Å². The quantitative estimate of drug-likeness (QED) is 0.776. The summed E-state index contributed by atoms with van der Waals surface area (Å²) in [4.78, 5) is 28.4. The van der Waals surface area contributed by atoms with Crippen LogP contribution in [0.4, 0.5) is 0 Å². The minimum Gasteiger partial charge on any atom is -0.350 e. The van der Waals surface area contributed by atoms with E-state index in [9.17, 15) is 9.59 Å². The molecule has 3 rings (SSSR count). The fourth-order valence-electron chi connectivity index (χ4n) is 3.20. The molecular formula is C19H24N4O3. The van der Waals surface area contributed by atoms with Gasteiger partial charge in [0.05, 0.1) is 0 Å². The van der Waals surface area contributed by atoms with Crippen LogP contribution in [0.25, 0.3) is 0 Å². The second kappa shape index (κ2) is 8.60. The van der Waals surface area contributed by atoms with Crippen LogP contribution >= 0.6 is 0 Å². The first kappa shape index (κ1) is 18.1. The van der Waals surface area contributed by atoms with Crippen LogP contribution in [0, 0.1) is 6.92 Å². The molecule has 0 bridgehead atoms. The van der Waals surface area contributed by atoms with Gasteiger partial charge in [0.2, 0.25) is 0 Å². The average molecular weight is 356 g/mol. The Morgan fingerprint density at radius 3 is 2.50 bits per heavy atom. The highest BCUT2D eigenvalue weighted by atomic mass is 16.5. The van der Waals surface area contributed by atoms with Crippen molar-refractivity contribution in [3.63, 3.8) is 0 Å². The Kier molecular flexibility index (Phi) is 5.99. The van der Waals surface area contributed by atoms with Gasteiger partial charge < -0.3 is 15.2 Å². The lowest BCUT2D eigenvalue weighted by atomic mass is 9.89. The lowest BCUT2D eigenvalue weighted by molar-refractivity contribution is 0.0898. The number of carbonyl (C=O) groups is 2. The first-order valence-corrected chi connectivity index (χ1v) is 9.11. The van der Waals surface area contributed by atoms with Crippen molar-refractivity contribution in [1.29, 1.82) is 0 Å². The molecule has 0 atom stereocenters. The van der Waals surface area contributed by atoms with E-state index in [2.05, 4.69) is 20.8 Å². The third-order valence-electron chi connectivity index (χ3n) is 4.69. The van der Waals surface area contributed by atoms with Crippen LogP contribution in [0.2, 0.25) is 0 Å². The Morgan fingerprint density at radius 1 is 1.08 bits per heavy atom. The summed E-state index contributed by atoms with van der Waals surface area (Å²) in [5.41, 5.74) is 1.54. The summed E-state index contributed by atoms with van der Waals surface area (Å²) in [5.74, 6) is 0.334. The molecule has 7 heteroatoms. The molecule has 2 amide bonds. The SMILES string of the molecule is Cc1ccccc1C(=O)NCCNC(=O)c1nc(C2CCCCC2)no1. The van der Waals surface area contributed by atoms with Gasteiger partial charge in [0.1, 0.15) is 0 Å². The first-order valence-electron chi connectivity index (χ1n) is 9.11. The second-order valence-electron chi connectivity index (χ2n) is 6.62. The second-order valence-corrected chi connectivity index (χ2v) is 6.62. The summed E-state index contributed by atoms with van der Waals surface area (Å²) in [6.07, 6.45) is 5.68. The van der Waals surface area contributed by atoms with Crippen LogP contribution in [-0.2, 0) is 0 Å². The Bertz CT molecular complexity index is 766. The van der Waals surface area contributed by atoms with Crippen molar-refractivity contribution in [1.82, 2.24) is 20.8 Å². The van der Waals surface area contributed by atoms with Gasteiger partial charge in [-0.1, -0.05) is 42.6 Å². The molecule has 2 aromatic rings. The number of hydrogen-bond acceptors (Lipinski definition) is 5. The van der Waals surface area contributed by atoms with Crippen LogP contribution in [0.1, 0.15) is 70.5 Å². The molecular weight excluding hydrogens is 332 g/mol. The number of carbonyl (C=O) groups excluding carboxylic acids is 2. The van der Waals surface area contributed by atoms with Gasteiger partial charge in [-0.05, 0) is 31.4 Å². The summed E-state index contributed by atoms with van der Waals surface area (Å²) < 4.78 is 5.08. The molecule has 1 aliphatic rings. The number of aromatic nitrogens is 2. The topological polar surface area (TPSA) is 97.1 Å². The Labute approximate surface area is 152 Å². The van der Waals surface area contributed by atoms with Crippen molar-refractivity contribution in [2.75, 3.05) is 13.1 Å². The van der Waals surface area contributed by atoms with E-state index in [-0.39, 0.29) is 18.3 Å². The van der Waals surface area contributed by atoms with Gasteiger partial charge in [-0.25, -0.2) is 0 Å². The standard InChI is InChI=1S/C19H24N4O3/c1-13-7-5-6-10-15(13)17(24)20-11-12-21-18(25)19-22-16(23-26-19)14-8-3-2-4-9-14/h5-7,10,14H,2-4,8-9,11-12H2,1H3,(H,20,24)(H,21,25). The molecule has 2 N–H and O–H groups in total. The largest absolute Gasteiger partial charge is 0.350 e. The minimum absolute atomic E-state index is 0.0178. The molecule has 1 aromatic carbocycles. The summed E-state index contributed by atoms with van der Waals surface area (Å²) in [6, 6.07) is 7.37. The zero-order valence-corrected chi connectivity index (χ0v) is 15.0. The third kappa shape index (κ3) is 4.47. The molecule has 7 nitrogen and oxygen atoms in total. The van der Waals surface area contributed by atoms with Gasteiger partial charge >= 0.3 is 11.8 Å². The molecule has 0 spiro atoms. The van der Waals surface area contributed by atoms with Crippen LogP contribution in [0.5, 0.6) is 0 Å². The molecule has 0 aliphatic heterocycles.